The van der Waals surface area contributed by atoms with Crippen LogP contribution >= 0.6 is 46.4 Å². The Labute approximate surface area is 747 Å². The quantitative estimate of drug-likeness (QED) is 0.0459. The molecule has 0 saturated carbocycles. The van der Waals surface area contributed by atoms with Crippen LogP contribution in [-0.4, -0.2) is 86.9 Å². The second-order valence-electron chi connectivity index (χ2n) is 30.4. The fourth-order valence-electron chi connectivity index (χ4n) is 15.3. The maximum Gasteiger partial charge on any atom is 0.573 e. The maximum atomic E-state index is 13.8. The van der Waals surface area contributed by atoms with E-state index in [1.807, 2.05) is 81.4 Å². The number of carbonyl (C=O) groups excluding carboxylic acids is 8. The highest BCUT2D eigenvalue weighted by Crippen LogP contribution is 2.46. The van der Waals surface area contributed by atoms with E-state index in [-0.39, 0.29) is 77.2 Å². The molecular formula is C97H82Cl4F4N8O14. The molecule has 0 spiro atoms. The lowest BCUT2D eigenvalue weighted by atomic mass is 9.97. The van der Waals surface area contributed by atoms with Crippen molar-refractivity contribution in [3.63, 3.8) is 0 Å². The number of amides is 8. The second-order valence-corrected chi connectivity index (χ2v) is 32.1. The van der Waals surface area contributed by atoms with Crippen molar-refractivity contribution in [3.05, 3.63) is 342 Å². The second kappa shape index (κ2) is 39.9. The van der Waals surface area contributed by atoms with Crippen LogP contribution in [0.4, 0.5) is 40.3 Å². The van der Waals surface area contributed by atoms with Gasteiger partial charge in [-0.25, -0.2) is 4.39 Å². The number of anilines is 4. The van der Waals surface area contributed by atoms with Crippen molar-refractivity contribution in [1.29, 1.82) is 0 Å². The number of methoxy groups -OCH3 is 1. The van der Waals surface area contributed by atoms with Crippen LogP contribution in [0.5, 0.6) is 57.5 Å². The molecule has 22 nitrogen and oxygen atoms in total. The average Bonchev–Trinajstić information content (AvgIpc) is 1.70. The smallest absolute Gasteiger partial charge is 0.493 e. The molecule has 4 aliphatic heterocycles. The molecule has 0 aliphatic carbocycles. The van der Waals surface area contributed by atoms with Gasteiger partial charge in [-0.1, -0.05) is 119 Å². The molecule has 16 rings (SSSR count). The van der Waals surface area contributed by atoms with Crippen LogP contribution < -0.4 is 71.0 Å². The first-order valence-electron chi connectivity index (χ1n) is 39.7. The van der Waals surface area contributed by atoms with Crippen molar-refractivity contribution in [2.75, 3.05) is 52.9 Å². The highest BCUT2D eigenvalue weighted by Gasteiger charge is 2.39. The summed E-state index contributed by atoms with van der Waals surface area (Å²) in [6.07, 6.45) is -3.76. The van der Waals surface area contributed by atoms with E-state index in [0.29, 0.717) is 139 Å². The molecule has 8 amide bonds. The molecule has 127 heavy (non-hydrogen) atoms. The number of primary amides is 4. The summed E-state index contributed by atoms with van der Waals surface area (Å²) < 4.78 is 84.9. The Bertz CT molecular complexity index is 6220. The zero-order valence-electron chi connectivity index (χ0n) is 68.6. The van der Waals surface area contributed by atoms with E-state index in [0.717, 1.165) is 51.3 Å². The van der Waals surface area contributed by atoms with E-state index >= 15 is 0 Å². The van der Waals surface area contributed by atoms with E-state index in [9.17, 15) is 55.9 Å². The molecule has 0 unspecified atom stereocenters. The predicted octanol–water partition coefficient (Wildman–Crippen LogP) is 21.0. The van der Waals surface area contributed by atoms with E-state index in [4.69, 9.17) is 93.0 Å². The lowest BCUT2D eigenvalue weighted by Crippen LogP contribution is -2.24. The van der Waals surface area contributed by atoms with Gasteiger partial charge in [0.15, 0.2) is 11.5 Å². The number of benzene rings is 12. The fraction of sp³-hybridized carbons (Fsp3) is 0.175. The standard InChI is InChI=1S/C25H23ClN2O3.C24H18ClF3N2O4.C24H20ClFN2O4.C24H21ClN2O3/c1-15-8-16(2)10-21(9-15)31-23-13-19(26)6-7-22(23)18-12-24(29)28(14-18)20-5-3-4-17(11-20)25(27)30;25-16-7-8-20(21(11-16)33-18-5-2-6-19(12-18)34-24(26,27)28)15-10-22(31)30(13-15)17-4-1-3-14(9-17)23(29)32;1-31-20-8-6-17(26)12-22(20)32-21-11-16(25)5-7-19(21)15-10-23(29)28(13-15)18-4-2-3-14(9-18)24(27)30;1-15-4-2-7-20(10-15)30-22-13-18(25)8-9-21(22)17-12-23(28)27(14-17)19-6-3-5-16(11-19)24(26)29/h3-11,13,18H,12,14H2,1-2H3,(H2,27,30);1-9,11-12,15H,10,13H2,(H2,29,32);2-9,11-12,15H,10,13H2,1H3,(H2,27,30);2-11,13,17H,12,14H2,1H3,(H2,26,29)/t18-;2*15-;17-/m0000/s1. The van der Waals surface area contributed by atoms with Gasteiger partial charge in [-0.15, -0.1) is 13.2 Å². The number of nitrogens with zero attached hydrogens (tertiary/aromatic N) is 4. The summed E-state index contributed by atoms with van der Waals surface area (Å²) in [4.78, 5) is 104. The van der Waals surface area contributed by atoms with Crippen molar-refractivity contribution in [2.45, 2.75) is 76.5 Å². The third kappa shape index (κ3) is 23.2. The zero-order chi connectivity index (χ0) is 90.7. The normalized spacial score (nSPS) is 15.9. The molecule has 4 atom stereocenters. The number of carbonyl (C=O) groups is 8. The predicted molar refractivity (Wildman–Crippen MR) is 478 cm³/mol. The number of ether oxygens (including phenoxy) is 6. The molecule has 4 aliphatic rings. The lowest BCUT2D eigenvalue weighted by molar-refractivity contribution is -0.274. The summed E-state index contributed by atoms with van der Waals surface area (Å²) in [7, 11) is 1.46. The van der Waals surface area contributed by atoms with Crippen LogP contribution in [0.2, 0.25) is 20.1 Å². The molecule has 12 aromatic carbocycles. The van der Waals surface area contributed by atoms with Crippen LogP contribution in [0, 0.1) is 26.6 Å². The Morgan fingerprint density at radius 1 is 0.331 bits per heavy atom. The molecule has 4 heterocycles. The molecular weight excluding hydrogens is 1720 g/mol. The summed E-state index contributed by atoms with van der Waals surface area (Å²) in [5.74, 6) is 0.115. The molecule has 4 saturated heterocycles. The lowest BCUT2D eigenvalue weighted by Gasteiger charge is -2.19. The zero-order valence-corrected chi connectivity index (χ0v) is 71.6. The van der Waals surface area contributed by atoms with Crippen LogP contribution in [0.3, 0.4) is 0 Å². The molecule has 0 aromatic heterocycles. The molecule has 8 N–H and O–H groups in total. The fourth-order valence-corrected chi connectivity index (χ4v) is 16.0. The van der Waals surface area contributed by atoms with Gasteiger partial charge in [-0.05, 0) is 207 Å². The monoisotopic (exact) mass is 1800 g/mol. The molecule has 30 heteroatoms. The van der Waals surface area contributed by atoms with Gasteiger partial charge in [0.05, 0.1) is 7.11 Å². The number of rotatable bonds is 22. The average molecular weight is 1800 g/mol. The van der Waals surface area contributed by atoms with Crippen molar-refractivity contribution < 1.29 is 84.3 Å². The Hall–Kier alpha value is -13.9. The SMILES string of the molecule is COc1ccc(F)cc1Oc1cc(Cl)ccc1[C@H]1CC(=O)N(c2cccc(C(N)=O)c2)C1.Cc1cc(C)cc(Oc2cc(Cl)ccc2[C@H]2CC(=O)N(c3cccc(C(N)=O)c3)C2)c1.Cc1cccc(Oc2cc(Cl)ccc2[C@H]2CC(=O)N(c3cccc(C(N)=O)c3)C2)c1.NC(=O)c1cccc(N2C[C@@H](c3ccc(Cl)cc3Oc3cccc(OC(F)(F)F)c3)CC2=O)c1. The van der Waals surface area contributed by atoms with Crippen molar-refractivity contribution >= 4 is 116 Å². The Balaban J connectivity index is 0.000000145. The summed E-state index contributed by atoms with van der Waals surface area (Å²) >= 11 is 24.8. The topological polar surface area (TPSA) is 309 Å². The molecule has 4 fully saturated rings. The Kier molecular flexibility index (Phi) is 28.6. The largest absolute Gasteiger partial charge is 0.573 e. The number of hydrogen-bond acceptors (Lipinski definition) is 14. The molecule has 0 radical (unpaired) electrons. The first kappa shape index (κ1) is 90.8. The van der Waals surface area contributed by atoms with E-state index in [1.54, 1.807) is 159 Å². The van der Waals surface area contributed by atoms with Crippen molar-refractivity contribution in [1.82, 2.24) is 0 Å². The highest BCUT2D eigenvalue weighted by molar-refractivity contribution is 6.31. The van der Waals surface area contributed by atoms with Crippen molar-refractivity contribution in [3.8, 4) is 57.5 Å². The minimum Gasteiger partial charge on any atom is -0.493 e. The number of halogens is 8. The van der Waals surface area contributed by atoms with Gasteiger partial charge in [0, 0.05) is 175 Å². The number of nitrogens with two attached hydrogens (primary N) is 4. The minimum atomic E-state index is -4.83. The van der Waals surface area contributed by atoms with Gasteiger partial charge in [0.1, 0.15) is 51.8 Å². The van der Waals surface area contributed by atoms with Gasteiger partial charge in [-0.3, -0.25) is 38.4 Å². The summed E-state index contributed by atoms with van der Waals surface area (Å²) in [5.41, 5.74) is 31.9. The van der Waals surface area contributed by atoms with Crippen LogP contribution in [0.25, 0.3) is 0 Å². The van der Waals surface area contributed by atoms with E-state index in [2.05, 4.69) is 10.8 Å². The van der Waals surface area contributed by atoms with Gasteiger partial charge < -0.3 is 71.0 Å². The highest BCUT2D eigenvalue weighted by atomic mass is 35.5. The number of hydrogen-bond donors (Lipinski definition) is 4. The van der Waals surface area contributed by atoms with E-state index < -0.39 is 41.6 Å². The maximum absolute atomic E-state index is 13.8. The summed E-state index contributed by atoms with van der Waals surface area (Å²) in [6, 6.07) is 70.7. The van der Waals surface area contributed by atoms with Gasteiger partial charge >= 0.3 is 6.36 Å². The van der Waals surface area contributed by atoms with Gasteiger partial charge in [-0.2, -0.15) is 0 Å². The van der Waals surface area contributed by atoms with Gasteiger partial charge in [0.2, 0.25) is 47.3 Å². The van der Waals surface area contributed by atoms with Crippen LogP contribution in [-0.2, 0) is 19.2 Å². The third-order valence-corrected chi connectivity index (χ3v) is 22.1. The molecule has 650 valence electrons. The number of aryl methyl sites for hydroxylation is 3. The molecule has 12 aromatic rings. The van der Waals surface area contributed by atoms with Crippen molar-refractivity contribution in [2.24, 2.45) is 22.9 Å². The minimum absolute atomic E-state index is 0.0149. The first-order chi connectivity index (χ1) is 60.6. The third-order valence-electron chi connectivity index (χ3n) is 21.2. The van der Waals surface area contributed by atoms with Gasteiger partial charge in [0.25, 0.3) is 0 Å². The van der Waals surface area contributed by atoms with Crippen LogP contribution in [0.1, 0.15) is 130 Å². The summed E-state index contributed by atoms with van der Waals surface area (Å²) in [6.45, 7) is 7.67. The van der Waals surface area contributed by atoms with E-state index in [1.165, 1.54) is 43.5 Å². The molecule has 0 bridgehead atoms. The number of alkyl halides is 3. The summed E-state index contributed by atoms with van der Waals surface area (Å²) in [5, 5.41) is 1.93. The first-order valence-corrected chi connectivity index (χ1v) is 41.2. The van der Waals surface area contributed by atoms with Crippen LogP contribution in [0.15, 0.2) is 255 Å². The Morgan fingerprint density at radius 3 is 0.969 bits per heavy atom. The Morgan fingerprint density at radius 2 is 0.638 bits per heavy atom.